The van der Waals surface area contributed by atoms with Crippen LogP contribution < -0.4 is 10.2 Å². The van der Waals surface area contributed by atoms with Gasteiger partial charge in [0.15, 0.2) is 0 Å². The summed E-state index contributed by atoms with van der Waals surface area (Å²) in [6, 6.07) is 22.8. The number of nitrogens with one attached hydrogen (secondary N) is 1. The Morgan fingerprint density at radius 1 is 0.868 bits per heavy atom. The van der Waals surface area contributed by atoms with Crippen molar-refractivity contribution in [3.8, 4) is 0 Å². The maximum absolute atomic E-state index is 14.6. The summed E-state index contributed by atoms with van der Waals surface area (Å²) in [5.74, 6) is -2.02. The summed E-state index contributed by atoms with van der Waals surface area (Å²) < 4.78 is 14.6. The third-order valence-corrected chi connectivity index (χ3v) is 8.70. The maximum Gasteiger partial charge on any atom is 0.253 e. The van der Waals surface area contributed by atoms with E-state index in [0.717, 1.165) is 11.3 Å². The van der Waals surface area contributed by atoms with Crippen LogP contribution in [0.4, 0.5) is 10.1 Å². The molecule has 1 spiro atoms. The van der Waals surface area contributed by atoms with Crippen LogP contribution in [0, 0.1) is 17.7 Å². The molecule has 0 aromatic heterocycles. The molecular weight excluding hydrogens is 501 g/mol. The van der Waals surface area contributed by atoms with Crippen LogP contribution in [0.2, 0.25) is 0 Å². The zero-order chi connectivity index (χ0) is 26.4. The quantitative estimate of drug-likeness (QED) is 0.467. The van der Waals surface area contributed by atoms with Gasteiger partial charge < -0.3 is 4.90 Å². The standard InChI is InChI=1S/C30H28FN3O3S/c1-38-16-15-23-25-26(28(36)34(27(25)35)17-19-9-3-2-4-10-19)30(32-23)21-12-6-8-14-24(21)33(29(30)37)18-20-11-5-7-13-22(20)31/h2-14,23,25-26,32H,15-18H2,1H3/t23-,25+,26+,30-/m0/s1. The Balaban J connectivity index is 1.44. The number of hydrogen-bond donors (Lipinski definition) is 1. The maximum atomic E-state index is 14.6. The third-order valence-electron chi connectivity index (χ3n) is 8.06. The Morgan fingerprint density at radius 3 is 2.34 bits per heavy atom. The van der Waals surface area contributed by atoms with E-state index in [1.54, 1.807) is 34.9 Å². The van der Waals surface area contributed by atoms with Gasteiger partial charge in [-0.2, -0.15) is 11.8 Å². The van der Waals surface area contributed by atoms with Gasteiger partial charge in [-0.05, 0) is 36.1 Å². The first-order chi connectivity index (χ1) is 18.5. The van der Waals surface area contributed by atoms with Crippen molar-refractivity contribution in [1.82, 2.24) is 10.2 Å². The molecule has 38 heavy (non-hydrogen) atoms. The fraction of sp³-hybridized carbons (Fsp3) is 0.300. The number of carbonyl (C=O) groups is 3. The monoisotopic (exact) mass is 529 g/mol. The molecule has 3 amide bonds. The number of likely N-dealkylation sites (tertiary alicyclic amines) is 1. The number of para-hydroxylation sites is 1. The molecule has 1 N–H and O–H groups in total. The normalized spacial score (nSPS) is 25.9. The van der Waals surface area contributed by atoms with Crippen molar-refractivity contribution < 1.29 is 18.8 Å². The zero-order valence-electron chi connectivity index (χ0n) is 21.0. The number of thioether (sulfide) groups is 1. The SMILES string of the molecule is CSCC[C@@H]1N[C@]2(C(=O)N(Cc3ccccc3F)c3ccccc32)[C@H]2C(=O)N(Cc3ccccc3)C(=O)[C@H]12. The number of benzene rings is 3. The second-order valence-corrected chi connectivity index (χ2v) is 11.1. The number of amides is 3. The summed E-state index contributed by atoms with van der Waals surface area (Å²) in [6.07, 6.45) is 2.64. The van der Waals surface area contributed by atoms with Crippen molar-refractivity contribution in [3.63, 3.8) is 0 Å². The molecule has 0 unspecified atom stereocenters. The van der Waals surface area contributed by atoms with Gasteiger partial charge in [-0.15, -0.1) is 0 Å². The number of halogens is 1. The van der Waals surface area contributed by atoms with E-state index < -0.39 is 23.2 Å². The van der Waals surface area contributed by atoms with Crippen molar-refractivity contribution >= 4 is 35.2 Å². The van der Waals surface area contributed by atoms with Gasteiger partial charge in [0.25, 0.3) is 5.91 Å². The number of fused-ring (bicyclic) bond motifs is 4. The third kappa shape index (κ3) is 3.69. The van der Waals surface area contributed by atoms with Crippen molar-refractivity contribution in [1.29, 1.82) is 0 Å². The minimum atomic E-state index is -1.38. The van der Waals surface area contributed by atoms with E-state index in [2.05, 4.69) is 5.32 Å². The first-order valence-electron chi connectivity index (χ1n) is 12.8. The van der Waals surface area contributed by atoms with Crippen LogP contribution in [-0.4, -0.2) is 40.7 Å². The van der Waals surface area contributed by atoms with Crippen molar-refractivity contribution in [2.24, 2.45) is 11.8 Å². The summed E-state index contributed by atoms with van der Waals surface area (Å²) in [6.45, 7) is 0.209. The van der Waals surface area contributed by atoms with Crippen LogP contribution in [0.3, 0.4) is 0 Å². The van der Waals surface area contributed by atoms with Crippen LogP contribution in [0.25, 0.3) is 0 Å². The van der Waals surface area contributed by atoms with E-state index >= 15 is 0 Å². The molecule has 3 aromatic carbocycles. The highest BCUT2D eigenvalue weighted by molar-refractivity contribution is 7.98. The Kier molecular flexibility index (Phi) is 6.32. The molecule has 2 fully saturated rings. The van der Waals surface area contributed by atoms with Gasteiger partial charge in [0.1, 0.15) is 11.4 Å². The first kappa shape index (κ1) is 24.8. The molecule has 3 aliphatic rings. The van der Waals surface area contributed by atoms with Gasteiger partial charge in [0.05, 0.1) is 24.9 Å². The lowest BCUT2D eigenvalue weighted by Crippen LogP contribution is -2.55. The average Bonchev–Trinajstić information content (AvgIpc) is 3.49. The summed E-state index contributed by atoms with van der Waals surface area (Å²) in [7, 11) is 0. The fourth-order valence-corrected chi connectivity index (χ4v) is 6.87. The summed E-state index contributed by atoms with van der Waals surface area (Å²) >= 11 is 1.66. The van der Waals surface area contributed by atoms with Crippen LogP contribution in [0.15, 0.2) is 78.9 Å². The first-order valence-corrected chi connectivity index (χ1v) is 14.2. The number of anilines is 1. The molecule has 4 atom stereocenters. The van der Waals surface area contributed by atoms with Gasteiger partial charge in [0.2, 0.25) is 11.8 Å². The van der Waals surface area contributed by atoms with Crippen molar-refractivity contribution in [3.05, 3.63) is 101 Å². The molecule has 2 saturated heterocycles. The molecule has 3 aromatic rings. The second kappa shape index (κ2) is 9.67. The highest BCUT2D eigenvalue weighted by Crippen LogP contribution is 2.55. The molecule has 0 radical (unpaired) electrons. The van der Waals surface area contributed by atoms with E-state index in [1.807, 2.05) is 60.9 Å². The lowest BCUT2D eigenvalue weighted by atomic mass is 9.76. The second-order valence-electron chi connectivity index (χ2n) is 10.1. The largest absolute Gasteiger partial charge is 0.306 e. The lowest BCUT2D eigenvalue weighted by Gasteiger charge is -2.30. The van der Waals surface area contributed by atoms with E-state index in [-0.39, 0.29) is 36.9 Å². The van der Waals surface area contributed by atoms with Gasteiger partial charge in [-0.1, -0.05) is 66.7 Å². The van der Waals surface area contributed by atoms with Gasteiger partial charge in [0, 0.05) is 22.9 Å². The van der Waals surface area contributed by atoms with Gasteiger partial charge in [-0.25, -0.2) is 4.39 Å². The molecular formula is C30H28FN3O3S. The molecule has 6 rings (SSSR count). The predicted molar refractivity (Wildman–Crippen MR) is 145 cm³/mol. The molecule has 3 aliphatic heterocycles. The molecule has 0 aliphatic carbocycles. The minimum absolute atomic E-state index is 0.0364. The predicted octanol–water partition coefficient (Wildman–Crippen LogP) is 4.09. The lowest BCUT2D eigenvalue weighted by molar-refractivity contribution is -0.143. The van der Waals surface area contributed by atoms with Crippen molar-refractivity contribution in [2.45, 2.75) is 31.1 Å². The Hall–Kier alpha value is -3.49. The van der Waals surface area contributed by atoms with E-state index in [1.165, 1.54) is 11.0 Å². The van der Waals surface area contributed by atoms with E-state index in [4.69, 9.17) is 0 Å². The highest BCUT2D eigenvalue weighted by atomic mass is 32.2. The number of nitrogens with zero attached hydrogens (tertiary/aromatic N) is 2. The zero-order valence-corrected chi connectivity index (χ0v) is 21.8. The van der Waals surface area contributed by atoms with Crippen molar-refractivity contribution in [2.75, 3.05) is 16.9 Å². The Bertz CT molecular complexity index is 1420. The number of imide groups is 1. The molecule has 0 bridgehead atoms. The molecule has 194 valence electrons. The minimum Gasteiger partial charge on any atom is -0.306 e. The smallest absolute Gasteiger partial charge is 0.253 e. The summed E-state index contributed by atoms with van der Waals surface area (Å²) in [5, 5.41) is 3.52. The molecule has 8 heteroatoms. The fourth-order valence-electron chi connectivity index (χ4n) is 6.38. The van der Waals surface area contributed by atoms with Gasteiger partial charge in [-0.3, -0.25) is 24.6 Å². The molecule has 6 nitrogen and oxygen atoms in total. The molecule has 0 saturated carbocycles. The number of hydrogen-bond acceptors (Lipinski definition) is 5. The highest BCUT2D eigenvalue weighted by Gasteiger charge is 2.71. The summed E-state index contributed by atoms with van der Waals surface area (Å²) in [4.78, 5) is 45.2. The Morgan fingerprint density at radius 2 is 1.58 bits per heavy atom. The molecule has 3 heterocycles. The van der Waals surface area contributed by atoms with Crippen LogP contribution in [-0.2, 0) is 33.0 Å². The van der Waals surface area contributed by atoms with Crippen LogP contribution in [0.1, 0.15) is 23.1 Å². The van der Waals surface area contributed by atoms with E-state index in [0.29, 0.717) is 23.2 Å². The van der Waals surface area contributed by atoms with Crippen LogP contribution >= 0.6 is 11.8 Å². The topological polar surface area (TPSA) is 69.7 Å². The summed E-state index contributed by atoms with van der Waals surface area (Å²) in [5.41, 5.74) is 1.18. The van der Waals surface area contributed by atoms with Crippen LogP contribution in [0.5, 0.6) is 0 Å². The van der Waals surface area contributed by atoms with Gasteiger partial charge >= 0.3 is 0 Å². The number of rotatable bonds is 7. The Labute approximate surface area is 225 Å². The number of carbonyl (C=O) groups excluding carboxylic acids is 3. The average molecular weight is 530 g/mol. The van der Waals surface area contributed by atoms with E-state index in [9.17, 15) is 18.8 Å².